The number of benzene rings is 2. The van der Waals surface area contributed by atoms with Crippen molar-refractivity contribution < 1.29 is 31.1 Å². The molecule has 0 aromatic heterocycles. The first kappa shape index (κ1) is 23.9. The molecule has 4 rings (SSSR count). The summed E-state index contributed by atoms with van der Waals surface area (Å²) in [6.45, 7) is 3.86. The molecule has 1 saturated heterocycles. The third-order valence-corrected chi connectivity index (χ3v) is 10.1. The van der Waals surface area contributed by atoms with E-state index >= 15 is 0 Å². The molecular weight excluding hydrogens is 495 g/mol. The van der Waals surface area contributed by atoms with Gasteiger partial charge in [0.2, 0.25) is 19.9 Å². The summed E-state index contributed by atoms with van der Waals surface area (Å²) in [4.78, 5) is 11.4. The lowest BCUT2D eigenvalue weighted by Crippen LogP contribution is -2.46. The van der Waals surface area contributed by atoms with Gasteiger partial charge in [0.25, 0.3) is 0 Å². The van der Waals surface area contributed by atoms with Crippen molar-refractivity contribution in [2.45, 2.75) is 52.8 Å². The van der Waals surface area contributed by atoms with E-state index in [9.17, 15) is 26.0 Å². The van der Waals surface area contributed by atoms with Gasteiger partial charge in [0.1, 0.15) is 10.7 Å². The van der Waals surface area contributed by atoms with Crippen molar-refractivity contribution in [3.8, 4) is 0 Å². The summed E-state index contributed by atoms with van der Waals surface area (Å²) in [7, 11) is -8.43. The van der Waals surface area contributed by atoms with Crippen LogP contribution in [0.3, 0.4) is 0 Å². The molecule has 0 saturated carbocycles. The van der Waals surface area contributed by atoms with Crippen molar-refractivity contribution in [2.75, 3.05) is 13.1 Å². The van der Waals surface area contributed by atoms with Crippen LogP contribution in [0.4, 0.5) is 9.18 Å². The fraction of sp³-hybridized carbons (Fsp3) is 0.381. The van der Waals surface area contributed by atoms with E-state index in [0.717, 1.165) is 12.1 Å². The first-order valence-electron chi connectivity index (χ1n) is 10.1. The lowest BCUT2D eigenvalue weighted by Gasteiger charge is -2.35. The molecule has 178 valence electrons. The summed E-state index contributed by atoms with van der Waals surface area (Å²) >= 11 is 6.34. The highest BCUT2D eigenvalue weighted by Gasteiger charge is 2.42. The maximum atomic E-state index is 13.9. The van der Waals surface area contributed by atoms with Crippen LogP contribution < -0.4 is 4.72 Å². The highest BCUT2D eigenvalue weighted by molar-refractivity contribution is 7.92. The van der Waals surface area contributed by atoms with E-state index in [1.165, 1.54) is 23.1 Å². The number of carboxylic acid groups (broad SMARTS) is 1. The molecule has 0 unspecified atom stereocenters. The third-order valence-electron chi connectivity index (χ3n) is 6.28. The highest BCUT2D eigenvalue weighted by Crippen LogP contribution is 2.47. The standard InChI is InChI=1S/C21H22ClFN2O6S2/c1-21(2)14-4-3-12(23)9-17(14)32(28,29)18-11-19(16(22)10-15(18)21)33(30,31)24-13-5-7-25(8-6-13)20(26)27/h3-4,9-11,13,24H,5-8H2,1-2H3,(H,26,27). The van der Waals surface area contributed by atoms with Crippen molar-refractivity contribution in [3.05, 3.63) is 52.3 Å². The number of nitrogens with zero attached hydrogens (tertiary/aromatic N) is 1. The number of halogens is 2. The summed E-state index contributed by atoms with van der Waals surface area (Å²) in [5, 5.41) is 8.91. The van der Waals surface area contributed by atoms with Crippen LogP contribution in [-0.4, -0.2) is 52.1 Å². The average molecular weight is 517 g/mol. The molecule has 2 heterocycles. The number of likely N-dealkylation sites (tertiary alicyclic amines) is 1. The Hall–Kier alpha value is -2.21. The van der Waals surface area contributed by atoms with Crippen molar-refractivity contribution >= 4 is 37.6 Å². The Balaban J connectivity index is 1.76. The molecule has 33 heavy (non-hydrogen) atoms. The van der Waals surface area contributed by atoms with Crippen molar-refractivity contribution in [1.29, 1.82) is 0 Å². The lowest BCUT2D eigenvalue weighted by molar-refractivity contribution is 0.131. The first-order valence-corrected chi connectivity index (χ1v) is 13.5. The third kappa shape index (κ3) is 4.01. The van der Waals surface area contributed by atoms with E-state index in [4.69, 9.17) is 16.7 Å². The second-order valence-electron chi connectivity index (χ2n) is 8.71. The molecule has 0 bridgehead atoms. The van der Waals surface area contributed by atoms with Crippen molar-refractivity contribution in [3.63, 3.8) is 0 Å². The Morgan fingerprint density at radius 2 is 1.76 bits per heavy atom. The predicted octanol–water partition coefficient (Wildman–Crippen LogP) is 3.37. The number of sulfonamides is 1. The van der Waals surface area contributed by atoms with Gasteiger partial charge in [-0.25, -0.2) is 30.7 Å². The minimum atomic E-state index is -4.22. The molecule has 1 amide bonds. The number of hydrogen-bond donors (Lipinski definition) is 2. The smallest absolute Gasteiger partial charge is 0.407 e. The van der Waals surface area contributed by atoms with Gasteiger partial charge < -0.3 is 10.0 Å². The Kier molecular flexibility index (Phi) is 5.75. The predicted molar refractivity (Wildman–Crippen MR) is 118 cm³/mol. The molecule has 12 heteroatoms. The monoisotopic (exact) mass is 516 g/mol. The summed E-state index contributed by atoms with van der Waals surface area (Å²) in [5.74, 6) is -0.715. The van der Waals surface area contributed by atoms with Crippen molar-refractivity contribution in [1.82, 2.24) is 9.62 Å². The molecule has 0 radical (unpaired) electrons. The zero-order chi connectivity index (χ0) is 24.3. The minimum absolute atomic E-state index is 0.141. The van der Waals surface area contributed by atoms with Crippen LogP contribution >= 0.6 is 11.6 Å². The first-order chi connectivity index (χ1) is 15.2. The van der Waals surface area contributed by atoms with E-state index in [0.29, 0.717) is 11.1 Å². The van der Waals surface area contributed by atoms with Gasteiger partial charge in [-0.2, -0.15) is 0 Å². The van der Waals surface area contributed by atoms with Crippen LogP contribution in [0, 0.1) is 5.82 Å². The second kappa shape index (κ2) is 7.93. The topological polar surface area (TPSA) is 121 Å². The molecule has 0 aliphatic carbocycles. The van der Waals surface area contributed by atoms with Gasteiger partial charge in [0.05, 0.1) is 14.8 Å². The van der Waals surface area contributed by atoms with Gasteiger partial charge in [-0.05, 0) is 48.2 Å². The number of sulfone groups is 1. The van der Waals surface area contributed by atoms with E-state index in [2.05, 4.69) is 4.72 Å². The second-order valence-corrected chi connectivity index (χ2v) is 12.7. The Labute approximate surface area is 196 Å². The maximum Gasteiger partial charge on any atom is 0.407 e. The van der Waals surface area contributed by atoms with Crippen LogP contribution in [0.2, 0.25) is 5.02 Å². The Bertz CT molecular complexity index is 1370. The van der Waals surface area contributed by atoms with Gasteiger partial charge in [0, 0.05) is 24.5 Å². The van der Waals surface area contributed by atoms with Crippen LogP contribution in [0.5, 0.6) is 0 Å². The molecular formula is C21H22ClFN2O6S2. The number of piperidine rings is 1. The Morgan fingerprint density at radius 1 is 1.15 bits per heavy atom. The van der Waals surface area contributed by atoms with Crippen LogP contribution in [-0.2, 0) is 25.3 Å². The summed E-state index contributed by atoms with van der Waals surface area (Å²) in [5.41, 5.74) is -0.154. The molecule has 2 aliphatic rings. The summed E-state index contributed by atoms with van der Waals surface area (Å²) < 4.78 is 69.3. The number of hydrogen-bond acceptors (Lipinski definition) is 5. The zero-order valence-electron chi connectivity index (χ0n) is 17.8. The van der Waals surface area contributed by atoms with E-state index in [1.54, 1.807) is 13.8 Å². The highest BCUT2D eigenvalue weighted by atomic mass is 35.5. The Morgan fingerprint density at radius 3 is 2.36 bits per heavy atom. The minimum Gasteiger partial charge on any atom is -0.465 e. The van der Waals surface area contributed by atoms with E-state index in [-0.39, 0.29) is 40.7 Å². The van der Waals surface area contributed by atoms with Gasteiger partial charge >= 0.3 is 6.09 Å². The number of rotatable bonds is 3. The molecule has 1 fully saturated rings. The molecule has 0 atom stereocenters. The molecule has 0 spiro atoms. The van der Waals surface area contributed by atoms with Crippen molar-refractivity contribution in [2.24, 2.45) is 0 Å². The van der Waals surface area contributed by atoms with Gasteiger partial charge in [-0.1, -0.05) is 31.5 Å². The van der Waals surface area contributed by atoms with Crippen LogP contribution in [0.25, 0.3) is 0 Å². The van der Waals surface area contributed by atoms with E-state index in [1.807, 2.05) is 0 Å². The number of fused-ring (bicyclic) bond motifs is 2. The molecule has 8 nitrogen and oxygen atoms in total. The number of carbonyl (C=O) groups is 1. The largest absolute Gasteiger partial charge is 0.465 e. The molecule has 2 aromatic rings. The number of amides is 1. The summed E-state index contributed by atoms with van der Waals surface area (Å²) in [6.07, 6.45) is -0.531. The normalized spacial score (nSPS) is 19.6. The van der Waals surface area contributed by atoms with Crippen LogP contribution in [0.1, 0.15) is 37.8 Å². The van der Waals surface area contributed by atoms with Gasteiger partial charge in [-0.15, -0.1) is 0 Å². The zero-order valence-corrected chi connectivity index (χ0v) is 20.2. The summed E-state index contributed by atoms with van der Waals surface area (Å²) in [6, 6.07) is 5.36. The van der Waals surface area contributed by atoms with Gasteiger partial charge in [-0.3, -0.25) is 0 Å². The average Bonchev–Trinajstić information content (AvgIpc) is 2.72. The SMILES string of the molecule is CC1(C)c2ccc(F)cc2S(=O)(=O)c2cc(S(=O)(=O)NC3CCN(C(=O)O)CC3)c(Cl)cc21. The lowest BCUT2D eigenvalue weighted by atomic mass is 9.77. The maximum absolute atomic E-state index is 13.9. The number of nitrogens with one attached hydrogen (secondary N) is 1. The quantitative estimate of drug-likeness (QED) is 0.645. The van der Waals surface area contributed by atoms with E-state index < -0.39 is 48.1 Å². The fourth-order valence-electron chi connectivity index (χ4n) is 4.42. The van der Waals surface area contributed by atoms with Gasteiger partial charge in [0.15, 0.2) is 0 Å². The molecule has 2 N–H and O–H groups in total. The fourth-order valence-corrected chi connectivity index (χ4v) is 8.35. The molecule has 2 aliphatic heterocycles. The van der Waals surface area contributed by atoms with Crippen LogP contribution in [0.15, 0.2) is 45.0 Å². The molecule has 2 aromatic carbocycles.